The molecule has 120 valence electrons. The summed E-state index contributed by atoms with van der Waals surface area (Å²) >= 11 is 0. The zero-order valence-corrected chi connectivity index (χ0v) is 13.3. The van der Waals surface area contributed by atoms with Crippen LogP contribution in [0.5, 0.6) is 0 Å². The van der Waals surface area contributed by atoms with Gasteiger partial charge in [0, 0.05) is 24.8 Å². The second kappa shape index (κ2) is 6.60. The van der Waals surface area contributed by atoms with Crippen molar-refractivity contribution in [1.82, 2.24) is 20.3 Å². The fraction of sp³-hybridized carbons (Fsp3) is 0.375. The molecule has 0 saturated carbocycles. The lowest BCUT2D eigenvalue weighted by molar-refractivity contribution is -0.120. The highest BCUT2D eigenvalue weighted by Crippen LogP contribution is 2.19. The van der Waals surface area contributed by atoms with Crippen LogP contribution in [0.4, 0.5) is 17.3 Å². The van der Waals surface area contributed by atoms with E-state index in [4.69, 9.17) is 0 Å². The number of hydrogen-bond donors (Lipinski definition) is 2. The van der Waals surface area contributed by atoms with Gasteiger partial charge in [0.05, 0.1) is 18.4 Å². The molecule has 7 heteroatoms. The molecular formula is C16H20N6O. The summed E-state index contributed by atoms with van der Waals surface area (Å²) in [5, 5.41) is 6.03. The van der Waals surface area contributed by atoms with Crippen LogP contribution in [0.25, 0.3) is 0 Å². The van der Waals surface area contributed by atoms with Gasteiger partial charge in [-0.1, -0.05) is 13.8 Å². The standard InChI is InChI=1S/C16H20N6O/c1-11(2)13-7-14(20-10-19-13)21-12-3-4-15(18-8-12)22-6-5-17-16(23)9-22/h3-4,7-8,10-11H,5-6,9H2,1-2H3,(H,17,23)(H,19,20,21). The highest BCUT2D eigenvalue weighted by atomic mass is 16.2. The molecule has 0 bridgehead atoms. The third-order valence-electron chi connectivity index (χ3n) is 3.66. The number of carbonyl (C=O) groups is 1. The Bertz CT molecular complexity index is 685. The van der Waals surface area contributed by atoms with E-state index in [0.717, 1.165) is 29.6 Å². The molecule has 0 aliphatic carbocycles. The maximum atomic E-state index is 11.4. The highest BCUT2D eigenvalue weighted by Gasteiger charge is 2.17. The number of amides is 1. The summed E-state index contributed by atoms with van der Waals surface area (Å²) in [5.41, 5.74) is 1.84. The molecule has 1 aliphatic heterocycles. The summed E-state index contributed by atoms with van der Waals surface area (Å²) in [5.74, 6) is 1.93. The topological polar surface area (TPSA) is 83.0 Å². The molecule has 0 radical (unpaired) electrons. The van der Waals surface area contributed by atoms with Crippen molar-refractivity contribution in [3.05, 3.63) is 36.4 Å². The molecule has 0 atom stereocenters. The molecule has 23 heavy (non-hydrogen) atoms. The van der Waals surface area contributed by atoms with Crippen LogP contribution < -0.4 is 15.5 Å². The summed E-state index contributed by atoms with van der Waals surface area (Å²) in [6.45, 7) is 5.96. The molecule has 3 heterocycles. The Morgan fingerprint density at radius 3 is 2.83 bits per heavy atom. The van der Waals surface area contributed by atoms with Crippen LogP contribution in [-0.4, -0.2) is 40.5 Å². The number of anilines is 3. The molecule has 0 aromatic carbocycles. The molecule has 1 saturated heterocycles. The fourth-order valence-corrected chi connectivity index (χ4v) is 2.39. The van der Waals surface area contributed by atoms with Gasteiger partial charge in [0.15, 0.2) is 0 Å². The Balaban J connectivity index is 1.70. The monoisotopic (exact) mass is 312 g/mol. The molecule has 1 fully saturated rings. The van der Waals surface area contributed by atoms with Gasteiger partial charge in [0.2, 0.25) is 5.91 Å². The van der Waals surface area contributed by atoms with E-state index in [9.17, 15) is 4.79 Å². The molecule has 2 aromatic rings. The fourth-order valence-electron chi connectivity index (χ4n) is 2.39. The normalized spacial score (nSPS) is 14.7. The van der Waals surface area contributed by atoms with Crippen LogP contribution in [0.1, 0.15) is 25.5 Å². The number of nitrogens with zero attached hydrogens (tertiary/aromatic N) is 4. The Morgan fingerprint density at radius 2 is 2.13 bits per heavy atom. The molecule has 0 spiro atoms. The van der Waals surface area contributed by atoms with Gasteiger partial charge in [-0.05, 0) is 18.1 Å². The Kier molecular flexibility index (Phi) is 4.36. The second-order valence-electron chi connectivity index (χ2n) is 5.78. The lowest BCUT2D eigenvalue weighted by atomic mass is 10.1. The van der Waals surface area contributed by atoms with Crippen molar-refractivity contribution < 1.29 is 4.79 Å². The summed E-state index contributed by atoms with van der Waals surface area (Å²) < 4.78 is 0. The summed E-state index contributed by atoms with van der Waals surface area (Å²) in [7, 11) is 0. The summed E-state index contributed by atoms with van der Waals surface area (Å²) in [6.07, 6.45) is 3.31. The molecule has 1 aliphatic rings. The predicted octanol–water partition coefficient (Wildman–Crippen LogP) is 1.67. The third kappa shape index (κ3) is 3.74. The van der Waals surface area contributed by atoms with E-state index in [1.807, 2.05) is 23.1 Å². The average molecular weight is 312 g/mol. The Morgan fingerprint density at radius 1 is 1.26 bits per heavy atom. The molecular weight excluding hydrogens is 292 g/mol. The first-order valence-corrected chi connectivity index (χ1v) is 7.68. The lowest BCUT2D eigenvalue weighted by Gasteiger charge is -2.27. The van der Waals surface area contributed by atoms with E-state index in [1.54, 1.807) is 12.5 Å². The van der Waals surface area contributed by atoms with E-state index in [2.05, 4.69) is 39.4 Å². The van der Waals surface area contributed by atoms with Crippen molar-refractivity contribution in [2.24, 2.45) is 0 Å². The van der Waals surface area contributed by atoms with Gasteiger partial charge in [-0.2, -0.15) is 0 Å². The SMILES string of the molecule is CC(C)c1cc(Nc2ccc(N3CCNC(=O)C3)nc2)ncn1. The van der Waals surface area contributed by atoms with Crippen molar-refractivity contribution in [2.75, 3.05) is 29.9 Å². The largest absolute Gasteiger partial charge is 0.353 e. The van der Waals surface area contributed by atoms with Gasteiger partial charge >= 0.3 is 0 Å². The lowest BCUT2D eigenvalue weighted by Crippen LogP contribution is -2.48. The van der Waals surface area contributed by atoms with Crippen molar-refractivity contribution in [2.45, 2.75) is 19.8 Å². The first-order valence-electron chi connectivity index (χ1n) is 7.68. The second-order valence-corrected chi connectivity index (χ2v) is 5.78. The van der Waals surface area contributed by atoms with Crippen molar-refractivity contribution in [1.29, 1.82) is 0 Å². The summed E-state index contributed by atoms with van der Waals surface area (Å²) in [4.78, 5) is 26.3. The number of rotatable bonds is 4. The Hall–Kier alpha value is -2.70. The van der Waals surface area contributed by atoms with Gasteiger partial charge in [-0.25, -0.2) is 15.0 Å². The minimum Gasteiger partial charge on any atom is -0.353 e. The number of nitrogens with one attached hydrogen (secondary N) is 2. The molecule has 1 amide bonds. The van der Waals surface area contributed by atoms with Crippen LogP contribution in [0, 0.1) is 0 Å². The van der Waals surface area contributed by atoms with Crippen molar-refractivity contribution >= 4 is 23.2 Å². The Labute approximate surface area is 135 Å². The third-order valence-corrected chi connectivity index (χ3v) is 3.66. The maximum absolute atomic E-state index is 11.4. The van der Waals surface area contributed by atoms with Gasteiger partial charge in [0.25, 0.3) is 0 Å². The molecule has 3 rings (SSSR count). The first-order chi connectivity index (χ1) is 11.1. The number of hydrogen-bond acceptors (Lipinski definition) is 6. The van der Waals surface area contributed by atoms with E-state index < -0.39 is 0 Å². The van der Waals surface area contributed by atoms with Crippen molar-refractivity contribution in [3.8, 4) is 0 Å². The maximum Gasteiger partial charge on any atom is 0.239 e. The van der Waals surface area contributed by atoms with Crippen molar-refractivity contribution in [3.63, 3.8) is 0 Å². The number of carbonyl (C=O) groups excluding carboxylic acids is 1. The molecule has 7 nitrogen and oxygen atoms in total. The van der Waals surface area contributed by atoms with Gasteiger partial charge in [0.1, 0.15) is 18.0 Å². The average Bonchev–Trinajstić information content (AvgIpc) is 2.56. The smallest absolute Gasteiger partial charge is 0.239 e. The predicted molar refractivity (Wildman–Crippen MR) is 88.9 cm³/mol. The summed E-state index contributed by atoms with van der Waals surface area (Å²) in [6, 6.07) is 5.78. The number of piperazine rings is 1. The van der Waals surface area contributed by atoms with E-state index in [-0.39, 0.29) is 5.91 Å². The van der Waals surface area contributed by atoms with Crippen LogP contribution >= 0.6 is 0 Å². The molecule has 2 N–H and O–H groups in total. The zero-order valence-electron chi connectivity index (χ0n) is 13.3. The molecule has 2 aromatic heterocycles. The van der Waals surface area contributed by atoms with E-state index in [1.165, 1.54) is 0 Å². The van der Waals surface area contributed by atoms with E-state index >= 15 is 0 Å². The zero-order chi connectivity index (χ0) is 16.2. The van der Waals surface area contributed by atoms with Crippen LogP contribution in [0.3, 0.4) is 0 Å². The van der Waals surface area contributed by atoms with Gasteiger partial charge in [-0.15, -0.1) is 0 Å². The quantitative estimate of drug-likeness (QED) is 0.893. The number of aromatic nitrogens is 3. The minimum absolute atomic E-state index is 0.0300. The van der Waals surface area contributed by atoms with Crippen LogP contribution in [0.15, 0.2) is 30.7 Å². The minimum atomic E-state index is 0.0300. The highest BCUT2D eigenvalue weighted by molar-refractivity contribution is 5.82. The first kappa shape index (κ1) is 15.2. The van der Waals surface area contributed by atoms with Gasteiger partial charge < -0.3 is 15.5 Å². The van der Waals surface area contributed by atoms with E-state index in [0.29, 0.717) is 19.0 Å². The van der Waals surface area contributed by atoms with Crippen LogP contribution in [0.2, 0.25) is 0 Å². The van der Waals surface area contributed by atoms with Gasteiger partial charge in [-0.3, -0.25) is 4.79 Å². The molecule has 0 unspecified atom stereocenters. The number of pyridine rings is 1. The van der Waals surface area contributed by atoms with Crippen LogP contribution in [-0.2, 0) is 4.79 Å².